The molecule has 0 saturated carbocycles. The van der Waals surface area contributed by atoms with Gasteiger partial charge in [-0.05, 0) is 49.1 Å². The lowest BCUT2D eigenvalue weighted by Crippen LogP contribution is -2.25. The van der Waals surface area contributed by atoms with Crippen molar-refractivity contribution in [2.24, 2.45) is 5.41 Å². The van der Waals surface area contributed by atoms with E-state index in [2.05, 4.69) is 50.0 Å². The highest BCUT2D eigenvalue weighted by atomic mass is 16.5. The minimum Gasteiger partial charge on any atom is -0.481 e. The van der Waals surface area contributed by atoms with Crippen LogP contribution in [0.25, 0.3) is 10.9 Å². The van der Waals surface area contributed by atoms with Crippen LogP contribution in [-0.4, -0.2) is 29.3 Å². The van der Waals surface area contributed by atoms with Crippen molar-refractivity contribution in [1.29, 1.82) is 0 Å². The van der Waals surface area contributed by atoms with Crippen molar-refractivity contribution in [2.75, 3.05) is 13.2 Å². The second kappa shape index (κ2) is 10.7. The first kappa shape index (κ1) is 23.9. The summed E-state index contributed by atoms with van der Waals surface area (Å²) in [6.07, 6.45) is 0.643. The van der Waals surface area contributed by atoms with Crippen LogP contribution < -0.4 is 0 Å². The van der Waals surface area contributed by atoms with Gasteiger partial charge in [-0.25, -0.2) is 0 Å². The van der Waals surface area contributed by atoms with Gasteiger partial charge in [0, 0.05) is 17.2 Å². The van der Waals surface area contributed by atoms with Crippen molar-refractivity contribution in [3.8, 4) is 0 Å². The number of pyridine rings is 1. The van der Waals surface area contributed by atoms with E-state index in [0.717, 1.165) is 38.9 Å². The van der Waals surface area contributed by atoms with Gasteiger partial charge in [-0.2, -0.15) is 0 Å². The molecule has 0 aliphatic rings. The smallest absolute Gasteiger partial charge is 0.303 e. The molecule has 0 unspecified atom stereocenters. The highest BCUT2D eigenvalue weighted by Crippen LogP contribution is 2.23. The van der Waals surface area contributed by atoms with Gasteiger partial charge in [0.15, 0.2) is 0 Å². The van der Waals surface area contributed by atoms with Crippen molar-refractivity contribution in [1.82, 2.24) is 4.98 Å². The summed E-state index contributed by atoms with van der Waals surface area (Å²) in [5.41, 5.74) is 6.16. The van der Waals surface area contributed by atoms with E-state index in [-0.39, 0.29) is 11.8 Å². The fourth-order valence-corrected chi connectivity index (χ4v) is 3.90. The zero-order chi connectivity index (χ0) is 23.1. The largest absolute Gasteiger partial charge is 0.481 e. The first-order chi connectivity index (χ1) is 15.2. The van der Waals surface area contributed by atoms with Crippen LogP contribution in [0.1, 0.15) is 48.2 Å². The molecule has 2 aromatic carbocycles. The van der Waals surface area contributed by atoms with E-state index in [1.165, 1.54) is 0 Å². The summed E-state index contributed by atoms with van der Waals surface area (Å²) in [4.78, 5) is 15.7. The molecule has 5 nitrogen and oxygen atoms in total. The number of carboxylic acid groups (broad SMARTS) is 1. The van der Waals surface area contributed by atoms with Crippen molar-refractivity contribution >= 4 is 16.9 Å². The fourth-order valence-electron chi connectivity index (χ4n) is 3.90. The van der Waals surface area contributed by atoms with Crippen LogP contribution in [0.3, 0.4) is 0 Å². The van der Waals surface area contributed by atoms with E-state index in [4.69, 9.17) is 14.6 Å². The molecule has 5 heteroatoms. The lowest BCUT2D eigenvalue weighted by atomic mass is 9.95. The molecule has 3 rings (SSSR count). The number of aromatic nitrogens is 1. The molecule has 0 bridgehead atoms. The van der Waals surface area contributed by atoms with Gasteiger partial charge in [0.25, 0.3) is 0 Å². The average molecular weight is 436 g/mol. The summed E-state index contributed by atoms with van der Waals surface area (Å²) >= 11 is 0. The van der Waals surface area contributed by atoms with Gasteiger partial charge >= 0.3 is 5.97 Å². The van der Waals surface area contributed by atoms with Crippen LogP contribution in [0.2, 0.25) is 0 Å². The zero-order valence-corrected chi connectivity index (χ0v) is 19.5. The van der Waals surface area contributed by atoms with Crippen molar-refractivity contribution in [3.63, 3.8) is 0 Å². The molecule has 0 aliphatic heterocycles. The number of carbonyl (C=O) groups is 1. The number of aryl methyl sites for hydroxylation is 2. The molecule has 0 radical (unpaired) electrons. The van der Waals surface area contributed by atoms with Crippen molar-refractivity contribution in [3.05, 3.63) is 76.5 Å². The summed E-state index contributed by atoms with van der Waals surface area (Å²) in [6.45, 7) is 10.4. The minimum atomic E-state index is -0.781. The van der Waals surface area contributed by atoms with E-state index in [1.54, 1.807) is 0 Å². The summed E-state index contributed by atoms with van der Waals surface area (Å²) < 4.78 is 12.0. The molecule has 0 fully saturated rings. The lowest BCUT2D eigenvalue weighted by Gasteiger charge is -2.25. The van der Waals surface area contributed by atoms with Gasteiger partial charge in [-0.15, -0.1) is 0 Å². The highest BCUT2D eigenvalue weighted by Gasteiger charge is 2.19. The maximum Gasteiger partial charge on any atom is 0.303 e. The zero-order valence-electron chi connectivity index (χ0n) is 19.5. The third-order valence-corrected chi connectivity index (χ3v) is 5.45. The summed E-state index contributed by atoms with van der Waals surface area (Å²) in [6, 6.07) is 16.3. The number of fused-ring (bicyclic) bond motifs is 1. The third kappa shape index (κ3) is 6.87. The predicted molar refractivity (Wildman–Crippen MR) is 127 cm³/mol. The van der Waals surface area contributed by atoms with E-state index < -0.39 is 5.97 Å². The Morgan fingerprint density at radius 1 is 1.00 bits per heavy atom. The maximum absolute atomic E-state index is 11.0. The Kier molecular flexibility index (Phi) is 7.99. The topological polar surface area (TPSA) is 68.7 Å². The number of ether oxygens (including phenoxy) is 2. The predicted octanol–water partition coefficient (Wildman–Crippen LogP) is 5.63. The lowest BCUT2D eigenvalue weighted by molar-refractivity contribution is -0.136. The van der Waals surface area contributed by atoms with Gasteiger partial charge in [-0.3, -0.25) is 9.78 Å². The first-order valence-electron chi connectivity index (χ1n) is 11.0. The van der Waals surface area contributed by atoms with Crippen LogP contribution in [0, 0.1) is 19.3 Å². The van der Waals surface area contributed by atoms with Gasteiger partial charge in [0.1, 0.15) is 0 Å². The quantitative estimate of drug-likeness (QED) is 0.423. The number of rotatable bonds is 11. The Labute approximate surface area is 190 Å². The van der Waals surface area contributed by atoms with Gasteiger partial charge in [0.05, 0.1) is 37.6 Å². The Balaban J connectivity index is 1.52. The number of aliphatic carboxylic acids is 1. The first-order valence-corrected chi connectivity index (χ1v) is 11.0. The molecular weight excluding hydrogens is 402 g/mol. The van der Waals surface area contributed by atoms with Crippen molar-refractivity contribution < 1.29 is 19.4 Å². The van der Waals surface area contributed by atoms with Gasteiger partial charge < -0.3 is 14.6 Å². The number of carboxylic acids is 1. The summed E-state index contributed by atoms with van der Waals surface area (Å²) in [7, 11) is 0. The maximum atomic E-state index is 11.0. The van der Waals surface area contributed by atoms with Crippen LogP contribution in [-0.2, 0) is 33.9 Å². The fraction of sp³-hybridized carbons (Fsp3) is 0.407. The number of hydrogen-bond acceptors (Lipinski definition) is 4. The molecule has 170 valence electrons. The molecule has 0 aliphatic carbocycles. The number of para-hydroxylation sites is 1. The van der Waals surface area contributed by atoms with E-state index >= 15 is 0 Å². The van der Waals surface area contributed by atoms with E-state index in [0.29, 0.717) is 32.8 Å². The number of hydrogen-bond donors (Lipinski definition) is 1. The molecule has 0 amide bonds. The molecule has 1 heterocycles. The Morgan fingerprint density at radius 3 is 2.47 bits per heavy atom. The molecule has 3 aromatic rings. The minimum absolute atomic E-state index is 0.124. The summed E-state index contributed by atoms with van der Waals surface area (Å²) in [5.74, 6) is -0.781. The number of nitrogens with zero attached hydrogens (tertiary/aromatic N) is 1. The van der Waals surface area contributed by atoms with Crippen LogP contribution in [0.15, 0.2) is 48.5 Å². The molecule has 1 N–H and O–H groups in total. The van der Waals surface area contributed by atoms with E-state index in [1.807, 2.05) is 31.2 Å². The molecule has 0 spiro atoms. The Bertz CT molecular complexity index is 1070. The third-order valence-electron chi connectivity index (χ3n) is 5.45. The molecule has 0 saturated heterocycles. The molecule has 0 atom stereocenters. The normalized spacial score (nSPS) is 11.8. The molecule has 32 heavy (non-hydrogen) atoms. The Hall–Kier alpha value is -2.76. The second-order valence-corrected chi connectivity index (χ2v) is 9.26. The molecule has 1 aromatic heterocycles. The molecular formula is C27H33NO4. The van der Waals surface area contributed by atoms with E-state index in [9.17, 15) is 4.79 Å². The van der Waals surface area contributed by atoms with Gasteiger partial charge in [-0.1, -0.05) is 55.8 Å². The monoisotopic (exact) mass is 435 g/mol. The van der Waals surface area contributed by atoms with Crippen molar-refractivity contribution in [2.45, 2.75) is 53.8 Å². The SMILES string of the molecule is Cc1cc(C)c(CCC(=O)O)c(COCC(C)(C)COCc2ccc3ccccc3n2)c1. The second-order valence-electron chi connectivity index (χ2n) is 9.26. The van der Waals surface area contributed by atoms with Gasteiger partial charge in [0.2, 0.25) is 0 Å². The Morgan fingerprint density at radius 2 is 1.72 bits per heavy atom. The average Bonchev–Trinajstić information content (AvgIpc) is 2.72. The highest BCUT2D eigenvalue weighted by molar-refractivity contribution is 5.78. The van der Waals surface area contributed by atoms with Crippen LogP contribution >= 0.6 is 0 Å². The van der Waals surface area contributed by atoms with Crippen LogP contribution in [0.5, 0.6) is 0 Å². The van der Waals surface area contributed by atoms with Crippen LogP contribution in [0.4, 0.5) is 0 Å². The summed E-state index contributed by atoms with van der Waals surface area (Å²) in [5, 5.41) is 10.2. The standard InChI is InChI=1S/C27H33NO4/c1-19-13-20(2)24(11-12-26(29)30)22(14-19)15-31-17-27(3,4)18-32-16-23-10-9-21-7-5-6-8-25(21)28-23/h5-10,13-14H,11-12,15-18H2,1-4H3,(H,29,30). The number of benzene rings is 2.